The molecule has 0 spiro atoms. The van der Waals surface area contributed by atoms with Gasteiger partial charge < -0.3 is 5.11 Å². The Bertz CT molecular complexity index is 806. The molecule has 3 rings (SSSR count). The van der Waals surface area contributed by atoms with E-state index in [2.05, 4.69) is 50.3 Å². The molecule has 0 amide bonds. The van der Waals surface area contributed by atoms with Gasteiger partial charge in [0.05, 0.1) is 8.07 Å². The number of hydrogen-bond donors (Lipinski definition) is 1. The van der Waals surface area contributed by atoms with Crippen LogP contribution in [0.15, 0.2) is 42.5 Å². The smallest absolute Gasteiger partial charge is 0.131 e. The largest absolute Gasteiger partial charge is 0.396 e. The van der Waals surface area contributed by atoms with Gasteiger partial charge in [0.1, 0.15) is 5.82 Å². The third-order valence-electron chi connectivity index (χ3n) is 7.46. The first-order valence-electron chi connectivity index (χ1n) is 12.5. The number of aliphatic hydroxyl groups excluding tert-OH is 1. The molecular formula is C28H41FOSi. The Kier molecular flexibility index (Phi) is 8.92. The molecular weight excluding hydrogens is 399 g/mol. The molecule has 0 atom stereocenters. The maximum atomic E-state index is 15.1. The molecule has 0 heterocycles. The van der Waals surface area contributed by atoms with E-state index >= 15 is 4.39 Å². The zero-order valence-electron chi connectivity index (χ0n) is 19.8. The van der Waals surface area contributed by atoms with Crippen LogP contribution in [0.4, 0.5) is 4.39 Å². The Morgan fingerprint density at radius 3 is 2.26 bits per heavy atom. The second-order valence-electron chi connectivity index (χ2n) is 10.2. The van der Waals surface area contributed by atoms with Crippen molar-refractivity contribution in [1.82, 2.24) is 0 Å². The summed E-state index contributed by atoms with van der Waals surface area (Å²) in [5.41, 5.74) is 2.85. The topological polar surface area (TPSA) is 20.2 Å². The van der Waals surface area contributed by atoms with Crippen molar-refractivity contribution >= 4 is 13.3 Å². The number of rotatable bonds is 10. The molecule has 0 radical (unpaired) electrons. The molecule has 0 unspecified atom stereocenters. The van der Waals surface area contributed by atoms with Crippen LogP contribution in [-0.2, 0) is 0 Å². The first-order valence-corrected chi connectivity index (χ1v) is 15.7. The average molecular weight is 441 g/mol. The van der Waals surface area contributed by atoms with Gasteiger partial charge in [0.25, 0.3) is 0 Å². The van der Waals surface area contributed by atoms with Crippen LogP contribution < -0.4 is 5.19 Å². The predicted octanol–water partition coefficient (Wildman–Crippen LogP) is 7.64. The van der Waals surface area contributed by atoms with E-state index in [1.165, 1.54) is 62.1 Å². The van der Waals surface area contributed by atoms with E-state index in [1.807, 2.05) is 6.07 Å². The van der Waals surface area contributed by atoms with E-state index in [1.54, 1.807) is 6.07 Å². The average Bonchev–Trinajstić information content (AvgIpc) is 2.78. The first kappa shape index (κ1) is 24.2. The third kappa shape index (κ3) is 6.52. The minimum atomic E-state index is -1.54. The van der Waals surface area contributed by atoms with Gasteiger partial charge in [0.2, 0.25) is 0 Å². The van der Waals surface area contributed by atoms with Gasteiger partial charge in [-0.05, 0) is 61.1 Å². The molecule has 170 valence electrons. The molecule has 1 fully saturated rings. The van der Waals surface area contributed by atoms with Gasteiger partial charge in [-0.2, -0.15) is 0 Å². The molecule has 2 aromatic carbocycles. The Morgan fingerprint density at radius 1 is 0.935 bits per heavy atom. The second-order valence-corrected chi connectivity index (χ2v) is 15.1. The highest BCUT2D eigenvalue weighted by atomic mass is 28.3. The minimum Gasteiger partial charge on any atom is -0.396 e. The summed E-state index contributed by atoms with van der Waals surface area (Å²) in [5, 5.41) is 10.5. The van der Waals surface area contributed by atoms with E-state index in [4.69, 9.17) is 5.11 Å². The third-order valence-corrected chi connectivity index (χ3v) is 11.0. The Labute approximate surface area is 190 Å². The SMILES string of the molecule is CCCCCC1CCC(c2ccc(-c3ccc([Si](C)(C)CCCO)cc3)c(F)c2)CC1. The number of hydrogen-bond acceptors (Lipinski definition) is 1. The summed E-state index contributed by atoms with van der Waals surface area (Å²) >= 11 is 0. The van der Waals surface area contributed by atoms with Crippen molar-refractivity contribution in [1.29, 1.82) is 0 Å². The molecule has 3 heteroatoms. The van der Waals surface area contributed by atoms with Crippen LogP contribution in [0.5, 0.6) is 0 Å². The summed E-state index contributed by atoms with van der Waals surface area (Å²) in [4.78, 5) is 0. The highest BCUT2D eigenvalue weighted by molar-refractivity contribution is 6.89. The quantitative estimate of drug-likeness (QED) is 0.297. The maximum Gasteiger partial charge on any atom is 0.131 e. The normalized spacial score (nSPS) is 19.5. The number of benzene rings is 2. The number of halogens is 1. The van der Waals surface area contributed by atoms with Gasteiger partial charge in [-0.3, -0.25) is 0 Å². The lowest BCUT2D eigenvalue weighted by Gasteiger charge is -2.29. The molecule has 0 saturated heterocycles. The first-order chi connectivity index (χ1) is 14.9. The molecule has 0 aromatic heterocycles. The van der Waals surface area contributed by atoms with Crippen molar-refractivity contribution in [2.45, 2.75) is 89.8 Å². The summed E-state index contributed by atoms with van der Waals surface area (Å²) in [6.45, 7) is 7.20. The second kappa shape index (κ2) is 11.4. The zero-order valence-corrected chi connectivity index (χ0v) is 20.8. The van der Waals surface area contributed by atoms with Crippen LogP contribution in [-0.4, -0.2) is 19.8 Å². The Hall–Kier alpha value is -1.45. The molecule has 31 heavy (non-hydrogen) atoms. The van der Waals surface area contributed by atoms with Gasteiger partial charge in [-0.15, -0.1) is 0 Å². The van der Waals surface area contributed by atoms with Crippen molar-refractivity contribution in [3.63, 3.8) is 0 Å². The molecule has 2 aromatic rings. The fourth-order valence-electron chi connectivity index (χ4n) is 5.25. The van der Waals surface area contributed by atoms with Crippen molar-refractivity contribution in [2.75, 3.05) is 6.61 Å². The van der Waals surface area contributed by atoms with Crippen molar-refractivity contribution in [3.8, 4) is 11.1 Å². The Balaban J connectivity index is 1.63. The molecule has 0 aliphatic heterocycles. The standard InChI is InChI=1S/C28H41FOSi/c1-4-5-6-8-22-9-11-23(12-10-22)25-15-18-27(28(29)21-25)24-13-16-26(17-14-24)31(2,3)20-7-19-30/h13-18,21-23,30H,4-12,19-20H2,1-3H3. The fraction of sp³-hybridized carbons (Fsp3) is 0.571. The van der Waals surface area contributed by atoms with Crippen molar-refractivity contribution in [3.05, 3.63) is 53.8 Å². The van der Waals surface area contributed by atoms with Crippen LogP contribution in [0, 0.1) is 11.7 Å². The summed E-state index contributed by atoms with van der Waals surface area (Å²) in [6.07, 6.45) is 11.3. The fourth-order valence-corrected chi connectivity index (χ4v) is 7.65. The van der Waals surface area contributed by atoms with Gasteiger partial charge in [0, 0.05) is 12.2 Å². The molecule has 1 aliphatic rings. The minimum absolute atomic E-state index is 0.0906. The molecule has 1 nitrogen and oxygen atoms in total. The van der Waals surface area contributed by atoms with Crippen LogP contribution >= 0.6 is 0 Å². The lowest BCUT2D eigenvalue weighted by Crippen LogP contribution is -2.41. The van der Waals surface area contributed by atoms with Crippen LogP contribution in [0.1, 0.15) is 76.2 Å². The van der Waals surface area contributed by atoms with E-state index in [9.17, 15) is 0 Å². The molecule has 0 bridgehead atoms. The van der Waals surface area contributed by atoms with Gasteiger partial charge in [0.15, 0.2) is 0 Å². The van der Waals surface area contributed by atoms with Crippen molar-refractivity contribution in [2.24, 2.45) is 5.92 Å². The summed E-state index contributed by atoms with van der Waals surface area (Å²) in [5.74, 6) is 1.31. The van der Waals surface area contributed by atoms with Gasteiger partial charge >= 0.3 is 0 Å². The summed E-state index contributed by atoms with van der Waals surface area (Å²) in [7, 11) is -1.54. The summed E-state index contributed by atoms with van der Waals surface area (Å²) < 4.78 is 15.1. The van der Waals surface area contributed by atoms with E-state index in [0.29, 0.717) is 11.5 Å². The lowest BCUT2D eigenvalue weighted by molar-refractivity contribution is 0.294. The number of unbranched alkanes of at least 4 members (excludes halogenated alkanes) is 2. The van der Waals surface area contributed by atoms with E-state index < -0.39 is 8.07 Å². The monoisotopic (exact) mass is 440 g/mol. The summed E-state index contributed by atoms with van der Waals surface area (Å²) in [6, 6.07) is 15.5. The molecule has 1 saturated carbocycles. The van der Waals surface area contributed by atoms with E-state index in [-0.39, 0.29) is 12.4 Å². The predicted molar refractivity (Wildman–Crippen MR) is 134 cm³/mol. The van der Waals surface area contributed by atoms with Crippen LogP contribution in [0.25, 0.3) is 11.1 Å². The molecule has 1 N–H and O–H groups in total. The van der Waals surface area contributed by atoms with E-state index in [0.717, 1.165) is 23.9 Å². The maximum absolute atomic E-state index is 15.1. The highest BCUT2D eigenvalue weighted by Crippen LogP contribution is 2.38. The van der Waals surface area contributed by atoms with Gasteiger partial charge in [-0.25, -0.2) is 4.39 Å². The van der Waals surface area contributed by atoms with Crippen LogP contribution in [0.3, 0.4) is 0 Å². The Morgan fingerprint density at radius 2 is 1.65 bits per heavy atom. The highest BCUT2D eigenvalue weighted by Gasteiger charge is 2.24. The van der Waals surface area contributed by atoms with Gasteiger partial charge in [-0.1, -0.05) is 93.3 Å². The zero-order chi connectivity index (χ0) is 22.3. The van der Waals surface area contributed by atoms with Crippen LogP contribution in [0.2, 0.25) is 19.1 Å². The van der Waals surface area contributed by atoms with Crippen molar-refractivity contribution < 1.29 is 9.50 Å². The number of aliphatic hydroxyl groups is 1. The lowest BCUT2D eigenvalue weighted by atomic mass is 9.77. The molecule has 1 aliphatic carbocycles.